The largest absolute Gasteiger partial charge is 1.00 e. The fourth-order valence-electron chi connectivity index (χ4n) is 1.24. The fourth-order valence-corrected chi connectivity index (χ4v) is 1.24. The van der Waals surface area contributed by atoms with E-state index in [0.29, 0.717) is 25.4 Å². The first-order chi connectivity index (χ1) is 8.09. The Hall–Kier alpha value is -1.37. The van der Waals surface area contributed by atoms with E-state index in [9.17, 15) is 10.1 Å². The van der Waals surface area contributed by atoms with E-state index in [4.69, 9.17) is 9.84 Å². The van der Waals surface area contributed by atoms with Crippen LogP contribution in [0.3, 0.4) is 0 Å². The summed E-state index contributed by atoms with van der Waals surface area (Å²) in [7, 11) is 0. The predicted octanol–water partition coefficient (Wildman–Crippen LogP) is -2.05. The average Bonchev–Trinajstić information content (AvgIpc) is 2.28. The van der Waals surface area contributed by atoms with E-state index in [0.717, 1.165) is 0 Å². The summed E-state index contributed by atoms with van der Waals surface area (Å²) in [5.41, 5.74) is 0.0134. The monoisotopic (exact) mass is 275 g/mol. The van der Waals surface area contributed by atoms with Crippen molar-refractivity contribution in [1.82, 2.24) is 5.32 Å². The second-order valence-electron chi connectivity index (χ2n) is 3.66. The number of nitrogens with zero attached hydrogens (tertiary/aromatic N) is 1. The van der Waals surface area contributed by atoms with Crippen LogP contribution in [0.25, 0.3) is 0 Å². The van der Waals surface area contributed by atoms with Gasteiger partial charge in [-0.1, -0.05) is 6.07 Å². The van der Waals surface area contributed by atoms with Crippen molar-refractivity contribution in [3.63, 3.8) is 0 Å². The Morgan fingerprint density at radius 2 is 2.28 bits per heavy atom. The molecule has 102 valence electrons. The van der Waals surface area contributed by atoms with Crippen molar-refractivity contribution in [2.45, 2.75) is 13.0 Å². The molecule has 0 bridgehead atoms. The smallest absolute Gasteiger partial charge is 0.273 e. The molecule has 18 heavy (non-hydrogen) atoms. The van der Waals surface area contributed by atoms with E-state index in [-0.39, 0.29) is 18.1 Å². The van der Waals surface area contributed by atoms with Gasteiger partial charge in [0.05, 0.1) is 17.1 Å². The van der Waals surface area contributed by atoms with Gasteiger partial charge in [0.15, 0.2) is 0 Å². The maximum Gasteiger partial charge on any atom is 0.273 e. The van der Waals surface area contributed by atoms with Gasteiger partial charge < -0.3 is 27.6 Å². The van der Waals surface area contributed by atoms with Gasteiger partial charge in [-0.3, -0.25) is 10.1 Å². The maximum absolute atomic E-state index is 10.5. The lowest BCUT2D eigenvalue weighted by Gasteiger charge is -2.08. The minimum atomic E-state index is -0.460. The van der Waals surface area contributed by atoms with Gasteiger partial charge in [-0.05, 0) is 13.0 Å². The topological polar surface area (TPSA) is 84.6 Å². The number of benzene rings is 1. The normalized spacial score (nSPS) is 11.4. The molecule has 1 unspecified atom stereocenters. The van der Waals surface area contributed by atoms with Gasteiger partial charge >= 0.3 is 0 Å². The van der Waals surface area contributed by atoms with Gasteiger partial charge in [-0.25, -0.2) is 0 Å². The molecule has 0 aromatic heterocycles. The predicted molar refractivity (Wildman–Crippen MR) is 63.1 cm³/mol. The Morgan fingerprint density at radius 1 is 1.56 bits per heavy atom. The second-order valence-corrected chi connectivity index (χ2v) is 3.66. The summed E-state index contributed by atoms with van der Waals surface area (Å²) in [4.78, 5) is 10.1. The van der Waals surface area contributed by atoms with Crippen LogP contribution in [0.2, 0.25) is 0 Å². The third-order valence-corrected chi connectivity index (χ3v) is 2.02. The molecule has 0 spiro atoms. The van der Waals surface area contributed by atoms with E-state index in [1.165, 1.54) is 12.1 Å². The molecular formula is C11H16ClN2O4-. The van der Waals surface area contributed by atoms with Crippen LogP contribution >= 0.6 is 0 Å². The van der Waals surface area contributed by atoms with Crippen molar-refractivity contribution < 1.29 is 27.2 Å². The highest BCUT2D eigenvalue weighted by Crippen LogP contribution is 2.18. The van der Waals surface area contributed by atoms with Crippen LogP contribution in [0, 0.1) is 10.1 Å². The maximum atomic E-state index is 10.5. The number of rotatable bonds is 7. The quantitative estimate of drug-likeness (QED) is 0.340. The van der Waals surface area contributed by atoms with Crippen LogP contribution in [0.5, 0.6) is 5.75 Å². The van der Waals surface area contributed by atoms with E-state index < -0.39 is 11.0 Å². The minimum Gasteiger partial charge on any atom is -1.00 e. The number of ether oxygens (including phenoxy) is 1. The summed E-state index contributed by atoms with van der Waals surface area (Å²) in [6.07, 6.45) is -0.396. The van der Waals surface area contributed by atoms with Gasteiger partial charge in [0.1, 0.15) is 12.4 Å². The molecule has 0 fully saturated rings. The molecule has 0 amide bonds. The highest BCUT2D eigenvalue weighted by atomic mass is 35.5. The standard InChI is InChI=1S/C11H16N2O4.ClH/c1-9(14)8-12-5-6-17-11-4-2-3-10(7-11)13(15)16;/h2-4,7,9,12,14H,5-6,8H2,1H3;1H/p-1. The first kappa shape index (κ1) is 16.6. The number of hydrogen-bond donors (Lipinski definition) is 2. The molecule has 1 aromatic carbocycles. The average molecular weight is 276 g/mol. The molecule has 1 aromatic rings. The molecule has 7 heteroatoms. The van der Waals surface area contributed by atoms with Crippen LogP contribution in [0.15, 0.2) is 24.3 Å². The fraction of sp³-hybridized carbons (Fsp3) is 0.455. The first-order valence-electron chi connectivity index (χ1n) is 5.35. The highest BCUT2D eigenvalue weighted by Gasteiger charge is 2.05. The Kier molecular flexibility index (Phi) is 8.02. The summed E-state index contributed by atoms with van der Waals surface area (Å²) < 4.78 is 5.33. The van der Waals surface area contributed by atoms with Crippen LogP contribution < -0.4 is 22.5 Å². The lowest BCUT2D eigenvalue weighted by molar-refractivity contribution is -0.384. The molecule has 0 saturated heterocycles. The summed E-state index contributed by atoms with van der Waals surface area (Å²) in [5, 5.41) is 22.5. The second kappa shape index (κ2) is 8.68. The molecule has 0 heterocycles. The Balaban J connectivity index is 0.00000289. The minimum absolute atomic E-state index is 0. The van der Waals surface area contributed by atoms with Crippen LogP contribution in [-0.4, -0.2) is 35.8 Å². The lowest BCUT2D eigenvalue weighted by atomic mass is 10.3. The molecule has 2 N–H and O–H groups in total. The number of aliphatic hydroxyl groups is 1. The van der Waals surface area contributed by atoms with E-state index in [1.807, 2.05) is 0 Å². The summed E-state index contributed by atoms with van der Waals surface area (Å²) in [6, 6.07) is 6.05. The summed E-state index contributed by atoms with van der Waals surface area (Å²) in [6.45, 7) is 3.16. The number of aliphatic hydroxyl groups excluding tert-OH is 1. The van der Waals surface area contributed by atoms with Gasteiger partial charge in [0, 0.05) is 19.2 Å². The molecule has 6 nitrogen and oxygen atoms in total. The van der Waals surface area contributed by atoms with Crippen molar-refractivity contribution in [1.29, 1.82) is 0 Å². The molecule has 0 aliphatic heterocycles. The van der Waals surface area contributed by atoms with Crippen molar-refractivity contribution in [3.8, 4) is 5.75 Å². The van der Waals surface area contributed by atoms with Gasteiger partial charge in [-0.2, -0.15) is 0 Å². The third-order valence-electron chi connectivity index (χ3n) is 2.02. The van der Waals surface area contributed by atoms with Crippen LogP contribution in [0.1, 0.15) is 6.92 Å². The molecular weight excluding hydrogens is 260 g/mol. The van der Waals surface area contributed by atoms with Crippen molar-refractivity contribution in [2.75, 3.05) is 19.7 Å². The van der Waals surface area contributed by atoms with Gasteiger partial charge in [0.25, 0.3) is 5.69 Å². The first-order valence-corrected chi connectivity index (χ1v) is 5.35. The molecule has 0 saturated carbocycles. The van der Waals surface area contributed by atoms with Crippen molar-refractivity contribution >= 4 is 5.69 Å². The SMILES string of the molecule is CC(O)CNCCOc1cccc([N+](=O)[O-])c1.[Cl-]. The highest BCUT2D eigenvalue weighted by molar-refractivity contribution is 5.37. The Bertz CT molecular complexity index is 374. The van der Waals surface area contributed by atoms with Gasteiger partial charge in [-0.15, -0.1) is 0 Å². The third kappa shape index (κ3) is 6.39. The number of nitrogens with one attached hydrogen (secondary N) is 1. The van der Waals surface area contributed by atoms with Gasteiger partial charge in [0.2, 0.25) is 0 Å². The molecule has 0 radical (unpaired) electrons. The molecule has 1 rings (SSSR count). The van der Waals surface area contributed by atoms with E-state index >= 15 is 0 Å². The lowest BCUT2D eigenvalue weighted by Crippen LogP contribution is -3.00. The zero-order chi connectivity index (χ0) is 12.7. The zero-order valence-electron chi connectivity index (χ0n) is 10.0. The molecule has 0 aliphatic rings. The number of nitro benzene ring substituents is 1. The number of hydrogen-bond acceptors (Lipinski definition) is 5. The Labute approximate surface area is 112 Å². The van der Waals surface area contributed by atoms with E-state index in [2.05, 4.69) is 5.32 Å². The number of halogens is 1. The zero-order valence-corrected chi connectivity index (χ0v) is 10.8. The Morgan fingerprint density at radius 3 is 2.89 bits per heavy atom. The van der Waals surface area contributed by atoms with Crippen molar-refractivity contribution in [2.24, 2.45) is 0 Å². The molecule has 1 atom stereocenters. The summed E-state index contributed by atoms with van der Waals surface area (Å²) >= 11 is 0. The summed E-state index contributed by atoms with van der Waals surface area (Å²) in [5.74, 6) is 0.470. The number of non-ortho nitro benzene ring substituents is 1. The van der Waals surface area contributed by atoms with Crippen LogP contribution in [0.4, 0.5) is 5.69 Å². The molecule has 0 aliphatic carbocycles. The van der Waals surface area contributed by atoms with Crippen molar-refractivity contribution in [3.05, 3.63) is 34.4 Å². The van der Waals surface area contributed by atoms with Crippen LogP contribution in [-0.2, 0) is 0 Å². The van der Waals surface area contributed by atoms with E-state index in [1.54, 1.807) is 19.1 Å². The number of nitro groups is 1.